The number of nitrogens with zero attached hydrogens (tertiary/aromatic N) is 2. The molecule has 2 rings (SSSR count). The number of amides is 1. The molecule has 1 aliphatic heterocycles. The van der Waals surface area contributed by atoms with Crippen molar-refractivity contribution >= 4 is 5.91 Å². The zero-order valence-electron chi connectivity index (χ0n) is 12.6. The third-order valence-corrected chi connectivity index (χ3v) is 3.80. The molecule has 0 aromatic carbocycles. The first-order valence-corrected chi connectivity index (χ1v) is 7.37. The first-order chi connectivity index (χ1) is 10.1. The van der Waals surface area contributed by atoms with Crippen LogP contribution in [0.2, 0.25) is 0 Å². The molecule has 2 N–H and O–H groups in total. The summed E-state index contributed by atoms with van der Waals surface area (Å²) in [6, 6.07) is 1.89. The fourth-order valence-corrected chi connectivity index (χ4v) is 2.51. The minimum Gasteiger partial charge on any atom is -0.505 e. The standard InChI is InChI=1S/C15H23N3O3/c1-3-12(18-4-6-21-7-5-18)9-17-15(20)13-8-11(2)16-10-14(13)19/h8,10,12,19H,3-7,9H2,1-2H3,(H,17,20). The number of carbonyl (C=O) groups is 1. The van der Waals surface area contributed by atoms with E-state index < -0.39 is 0 Å². The van der Waals surface area contributed by atoms with Crippen LogP contribution >= 0.6 is 0 Å². The van der Waals surface area contributed by atoms with Crippen LogP contribution in [-0.4, -0.2) is 59.8 Å². The zero-order valence-corrected chi connectivity index (χ0v) is 12.6. The van der Waals surface area contributed by atoms with E-state index in [4.69, 9.17) is 4.74 Å². The van der Waals surface area contributed by atoms with Gasteiger partial charge < -0.3 is 15.2 Å². The van der Waals surface area contributed by atoms with Crippen LogP contribution in [0.15, 0.2) is 12.3 Å². The highest BCUT2D eigenvalue weighted by Crippen LogP contribution is 2.16. The van der Waals surface area contributed by atoms with Crippen LogP contribution in [0.4, 0.5) is 0 Å². The number of hydrogen-bond acceptors (Lipinski definition) is 5. The molecule has 21 heavy (non-hydrogen) atoms. The summed E-state index contributed by atoms with van der Waals surface area (Å²) >= 11 is 0. The largest absolute Gasteiger partial charge is 0.505 e. The Balaban J connectivity index is 1.94. The normalized spacial score (nSPS) is 17.4. The average molecular weight is 293 g/mol. The molecule has 0 aliphatic carbocycles. The van der Waals surface area contributed by atoms with Gasteiger partial charge in [0.05, 0.1) is 25.0 Å². The molecule has 0 bridgehead atoms. The number of aromatic hydroxyl groups is 1. The first kappa shape index (κ1) is 15.7. The molecule has 1 aromatic heterocycles. The Labute approximate surface area is 125 Å². The first-order valence-electron chi connectivity index (χ1n) is 7.37. The molecule has 6 heteroatoms. The van der Waals surface area contributed by atoms with Gasteiger partial charge >= 0.3 is 0 Å². The monoisotopic (exact) mass is 293 g/mol. The van der Waals surface area contributed by atoms with Gasteiger partial charge in [-0.25, -0.2) is 0 Å². The van der Waals surface area contributed by atoms with Gasteiger partial charge in [-0.05, 0) is 19.4 Å². The number of carbonyl (C=O) groups excluding carboxylic acids is 1. The summed E-state index contributed by atoms with van der Waals surface area (Å²) in [5.41, 5.74) is 0.984. The van der Waals surface area contributed by atoms with Gasteiger partial charge in [0, 0.05) is 31.4 Å². The van der Waals surface area contributed by atoms with E-state index in [1.165, 1.54) is 6.20 Å². The number of morpholine rings is 1. The lowest BCUT2D eigenvalue weighted by atomic mass is 10.1. The lowest BCUT2D eigenvalue weighted by Gasteiger charge is -2.34. The van der Waals surface area contributed by atoms with Crippen molar-refractivity contribution in [1.29, 1.82) is 0 Å². The van der Waals surface area contributed by atoms with Crippen LogP contribution in [-0.2, 0) is 4.74 Å². The topological polar surface area (TPSA) is 74.7 Å². The number of aryl methyl sites for hydroxylation is 1. The molecule has 0 radical (unpaired) electrons. The van der Waals surface area contributed by atoms with Crippen LogP contribution < -0.4 is 5.32 Å². The van der Waals surface area contributed by atoms with Gasteiger partial charge in [-0.1, -0.05) is 6.92 Å². The summed E-state index contributed by atoms with van der Waals surface area (Å²) in [6.07, 6.45) is 2.27. The Morgan fingerprint density at radius 3 is 2.90 bits per heavy atom. The van der Waals surface area contributed by atoms with E-state index in [2.05, 4.69) is 22.1 Å². The maximum atomic E-state index is 12.2. The van der Waals surface area contributed by atoms with Crippen molar-refractivity contribution in [2.24, 2.45) is 0 Å². The van der Waals surface area contributed by atoms with E-state index in [1.807, 2.05) is 0 Å². The number of aromatic nitrogens is 1. The molecular formula is C15H23N3O3. The Morgan fingerprint density at radius 1 is 1.52 bits per heavy atom. The van der Waals surface area contributed by atoms with Crippen molar-refractivity contribution < 1.29 is 14.6 Å². The summed E-state index contributed by atoms with van der Waals surface area (Å²) < 4.78 is 5.35. The minimum absolute atomic E-state index is 0.0856. The molecule has 0 spiro atoms. The molecule has 1 aromatic rings. The number of rotatable bonds is 5. The zero-order chi connectivity index (χ0) is 15.2. The van der Waals surface area contributed by atoms with Crippen LogP contribution in [0.3, 0.4) is 0 Å². The van der Waals surface area contributed by atoms with Gasteiger partial charge in [0.15, 0.2) is 0 Å². The average Bonchev–Trinajstić information content (AvgIpc) is 2.51. The number of pyridine rings is 1. The molecular weight excluding hydrogens is 270 g/mol. The van der Waals surface area contributed by atoms with E-state index in [9.17, 15) is 9.90 Å². The second kappa shape index (κ2) is 7.38. The molecule has 1 fully saturated rings. The Bertz CT molecular complexity index is 487. The number of hydrogen-bond donors (Lipinski definition) is 2. The van der Waals surface area contributed by atoms with Gasteiger partial charge in [0.25, 0.3) is 5.91 Å². The summed E-state index contributed by atoms with van der Waals surface area (Å²) in [5.74, 6) is -0.345. The molecule has 1 amide bonds. The third kappa shape index (κ3) is 4.15. The second-order valence-electron chi connectivity index (χ2n) is 5.26. The predicted molar refractivity (Wildman–Crippen MR) is 79.4 cm³/mol. The van der Waals surface area contributed by atoms with Crippen molar-refractivity contribution in [3.05, 3.63) is 23.5 Å². The molecule has 116 valence electrons. The maximum Gasteiger partial charge on any atom is 0.255 e. The third-order valence-electron chi connectivity index (χ3n) is 3.80. The Kier molecular flexibility index (Phi) is 5.52. The molecule has 1 saturated heterocycles. The highest BCUT2D eigenvalue weighted by molar-refractivity contribution is 5.96. The van der Waals surface area contributed by atoms with Gasteiger partial charge in [0.2, 0.25) is 0 Å². The molecule has 2 heterocycles. The van der Waals surface area contributed by atoms with E-state index in [1.54, 1.807) is 13.0 Å². The van der Waals surface area contributed by atoms with Crippen molar-refractivity contribution in [3.8, 4) is 5.75 Å². The summed E-state index contributed by atoms with van der Waals surface area (Å²) in [4.78, 5) is 18.5. The molecule has 1 aliphatic rings. The number of nitrogens with one attached hydrogen (secondary N) is 1. The van der Waals surface area contributed by atoms with Crippen molar-refractivity contribution in [3.63, 3.8) is 0 Å². The van der Waals surface area contributed by atoms with Crippen LogP contribution in [0.25, 0.3) is 0 Å². The quantitative estimate of drug-likeness (QED) is 0.845. The fraction of sp³-hybridized carbons (Fsp3) is 0.600. The van der Waals surface area contributed by atoms with E-state index in [-0.39, 0.29) is 17.2 Å². The number of ether oxygens (including phenoxy) is 1. The Hall–Kier alpha value is -1.66. The van der Waals surface area contributed by atoms with E-state index in [0.29, 0.717) is 18.3 Å². The van der Waals surface area contributed by atoms with E-state index >= 15 is 0 Å². The van der Waals surface area contributed by atoms with Gasteiger partial charge in [0.1, 0.15) is 5.75 Å². The van der Waals surface area contributed by atoms with Crippen molar-refractivity contribution in [2.45, 2.75) is 26.3 Å². The fourth-order valence-electron chi connectivity index (χ4n) is 2.51. The van der Waals surface area contributed by atoms with E-state index in [0.717, 1.165) is 32.7 Å². The Morgan fingerprint density at radius 2 is 2.24 bits per heavy atom. The van der Waals surface area contributed by atoms with Crippen LogP contribution in [0.5, 0.6) is 5.75 Å². The lowest BCUT2D eigenvalue weighted by molar-refractivity contribution is 0.0159. The van der Waals surface area contributed by atoms with Crippen LogP contribution in [0.1, 0.15) is 29.4 Å². The van der Waals surface area contributed by atoms with Gasteiger partial charge in [-0.15, -0.1) is 0 Å². The van der Waals surface area contributed by atoms with Crippen molar-refractivity contribution in [2.75, 3.05) is 32.8 Å². The summed E-state index contributed by atoms with van der Waals surface area (Å²) in [5, 5.41) is 12.6. The second-order valence-corrected chi connectivity index (χ2v) is 5.26. The SMILES string of the molecule is CCC(CNC(=O)c1cc(C)ncc1O)N1CCOCC1. The predicted octanol–water partition coefficient (Wildman–Crippen LogP) is 0.936. The summed E-state index contributed by atoms with van der Waals surface area (Å²) in [6.45, 7) is 7.75. The molecule has 1 unspecified atom stereocenters. The van der Waals surface area contributed by atoms with Gasteiger partial charge in [-0.3, -0.25) is 14.7 Å². The smallest absolute Gasteiger partial charge is 0.255 e. The highest BCUT2D eigenvalue weighted by Gasteiger charge is 2.21. The van der Waals surface area contributed by atoms with Crippen molar-refractivity contribution in [1.82, 2.24) is 15.2 Å². The minimum atomic E-state index is -0.260. The van der Waals surface area contributed by atoms with Gasteiger partial charge in [-0.2, -0.15) is 0 Å². The molecule has 0 saturated carbocycles. The summed E-state index contributed by atoms with van der Waals surface area (Å²) in [7, 11) is 0. The molecule has 6 nitrogen and oxygen atoms in total. The molecule has 1 atom stereocenters. The lowest BCUT2D eigenvalue weighted by Crippen LogP contribution is -2.48. The highest BCUT2D eigenvalue weighted by atomic mass is 16.5. The maximum absolute atomic E-state index is 12.2. The van der Waals surface area contributed by atoms with Crippen LogP contribution in [0, 0.1) is 6.92 Å².